The number of ether oxygens (including phenoxy) is 2. The average molecular weight is 625 g/mol. The number of aromatic nitrogens is 2. The first-order valence-corrected chi connectivity index (χ1v) is 14.4. The molecule has 2 aliphatic rings. The quantitative estimate of drug-likeness (QED) is 0.101. The number of para-hydroxylation sites is 1. The van der Waals surface area contributed by atoms with Gasteiger partial charge < -0.3 is 19.3 Å². The molecule has 1 aromatic carbocycles. The summed E-state index contributed by atoms with van der Waals surface area (Å²) < 4.78 is 10.9. The molecular formula is C30H33ClN6O7. The van der Waals surface area contributed by atoms with Crippen LogP contribution in [-0.4, -0.2) is 75.5 Å². The minimum Gasteiger partial charge on any atom is -0.461 e. The average Bonchev–Trinajstić information content (AvgIpc) is 2.96. The number of carbonyl (C=O) groups excluding carboxylic acids is 3. The molecule has 4 rings (SSSR count). The van der Waals surface area contributed by atoms with Crippen LogP contribution in [0.1, 0.15) is 55.2 Å². The second-order valence-corrected chi connectivity index (χ2v) is 12.0. The Morgan fingerprint density at radius 2 is 2.02 bits per heavy atom. The van der Waals surface area contributed by atoms with Crippen LogP contribution < -0.4 is 4.90 Å². The summed E-state index contributed by atoms with van der Waals surface area (Å²) in [5.41, 5.74) is -2.18. The molecule has 0 radical (unpaired) electrons. The van der Waals surface area contributed by atoms with Crippen LogP contribution in [0.2, 0.25) is 5.28 Å². The molecule has 0 bridgehead atoms. The first kappa shape index (κ1) is 32.3. The number of carbonyl (C=O) groups is 3. The Balaban J connectivity index is 1.72. The lowest BCUT2D eigenvalue weighted by Crippen LogP contribution is -2.56. The molecule has 0 saturated carbocycles. The lowest BCUT2D eigenvalue weighted by Gasteiger charge is -2.42. The van der Waals surface area contributed by atoms with E-state index in [0.29, 0.717) is 17.9 Å². The maximum Gasteiger partial charge on any atom is 0.410 e. The van der Waals surface area contributed by atoms with Gasteiger partial charge in [0.15, 0.2) is 5.78 Å². The fourth-order valence-corrected chi connectivity index (χ4v) is 5.73. The number of nitro benzene ring substituents is 1. The van der Waals surface area contributed by atoms with Crippen LogP contribution in [0.25, 0.3) is 0 Å². The van der Waals surface area contributed by atoms with Gasteiger partial charge >= 0.3 is 12.1 Å². The van der Waals surface area contributed by atoms with E-state index in [-0.39, 0.29) is 67.6 Å². The van der Waals surface area contributed by atoms with Crippen LogP contribution in [0.15, 0.2) is 36.9 Å². The van der Waals surface area contributed by atoms with Crippen LogP contribution in [0, 0.1) is 26.9 Å². The van der Waals surface area contributed by atoms with Crippen molar-refractivity contribution < 1.29 is 28.8 Å². The monoisotopic (exact) mass is 624 g/mol. The summed E-state index contributed by atoms with van der Waals surface area (Å²) in [6, 6.07) is 7.50. The largest absolute Gasteiger partial charge is 0.461 e. The molecule has 0 N–H and O–H groups in total. The van der Waals surface area contributed by atoms with Gasteiger partial charge in [-0.15, -0.1) is 0 Å². The summed E-state index contributed by atoms with van der Waals surface area (Å²) in [5.74, 6) is -1.17. The lowest BCUT2D eigenvalue weighted by atomic mass is 9.68. The summed E-state index contributed by atoms with van der Waals surface area (Å²) in [6.45, 7) is 9.42. The van der Waals surface area contributed by atoms with Crippen LogP contribution in [0.4, 0.5) is 16.3 Å². The van der Waals surface area contributed by atoms with Gasteiger partial charge in [-0.05, 0) is 45.2 Å². The summed E-state index contributed by atoms with van der Waals surface area (Å²) in [5, 5.41) is 21.0. The number of rotatable bonds is 8. The summed E-state index contributed by atoms with van der Waals surface area (Å²) in [6.07, 6.45) is 0.708. The van der Waals surface area contributed by atoms with E-state index in [1.54, 1.807) is 26.8 Å². The molecule has 1 aromatic heterocycles. The highest BCUT2D eigenvalue weighted by Crippen LogP contribution is 2.43. The van der Waals surface area contributed by atoms with Gasteiger partial charge in [0, 0.05) is 43.2 Å². The molecule has 1 amide bonds. The topological polar surface area (TPSA) is 169 Å². The van der Waals surface area contributed by atoms with Crippen molar-refractivity contribution in [3.8, 4) is 6.07 Å². The molecule has 1 unspecified atom stereocenters. The first-order chi connectivity index (χ1) is 20.8. The van der Waals surface area contributed by atoms with E-state index >= 15 is 0 Å². The van der Waals surface area contributed by atoms with Crippen LogP contribution >= 0.6 is 11.6 Å². The SMILES string of the molecule is C=CCOC(=O)C1(Cc2ccccc2[N+](=O)[O-])CCc2c(nc(Cl)nc2N2CCN(C(=O)OC(C)(C)C)[C@@H](CC#N)C2)C1=O. The smallest absolute Gasteiger partial charge is 0.410 e. The van der Waals surface area contributed by atoms with Gasteiger partial charge in [-0.3, -0.25) is 19.7 Å². The van der Waals surface area contributed by atoms with Crippen molar-refractivity contribution >= 4 is 41.0 Å². The van der Waals surface area contributed by atoms with Crippen molar-refractivity contribution in [2.24, 2.45) is 5.41 Å². The second-order valence-electron chi connectivity index (χ2n) is 11.6. The van der Waals surface area contributed by atoms with Gasteiger partial charge in [-0.1, -0.05) is 30.9 Å². The van der Waals surface area contributed by atoms with E-state index < -0.39 is 39.8 Å². The van der Waals surface area contributed by atoms with Crippen molar-refractivity contribution in [3.63, 3.8) is 0 Å². The molecule has 2 aromatic rings. The first-order valence-electron chi connectivity index (χ1n) is 14.0. The predicted molar refractivity (Wildman–Crippen MR) is 159 cm³/mol. The van der Waals surface area contributed by atoms with Gasteiger partial charge in [0.05, 0.1) is 23.5 Å². The molecule has 0 spiro atoms. The number of anilines is 1. The van der Waals surface area contributed by atoms with Gasteiger partial charge in [-0.25, -0.2) is 14.8 Å². The highest BCUT2D eigenvalue weighted by molar-refractivity contribution is 6.28. The Hall–Kier alpha value is -4.57. The summed E-state index contributed by atoms with van der Waals surface area (Å²) in [7, 11) is 0. The van der Waals surface area contributed by atoms with E-state index in [0.717, 1.165) is 0 Å². The number of amides is 1. The van der Waals surface area contributed by atoms with Crippen molar-refractivity contribution in [1.82, 2.24) is 14.9 Å². The van der Waals surface area contributed by atoms with Gasteiger partial charge in [0.1, 0.15) is 29.1 Å². The fourth-order valence-electron chi connectivity index (χ4n) is 5.56. The molecule has 1 aliphatic heterocycles. The third-order valence-electron chi connectivity index (χ3n) is 7.55. The Bertz CT molecular complexity index is 1530. The van der Waals surface area contributed by atoms with E-state index in [1.807, 2.05) is 4.90 Å². The van der Waals surface area contributed by atoms with Crippen molar-refractivity contribution in [2.45, 2.75) is 58.1 Å². The maximum absolute atomic E-state index is 14.3. The molecule has 44 heavy (non-hydrogen) atoms. The molecule has 2 heterocycles. The molecule has 1 saturated heterocycles. The van der Waals surface area contributed by atoms with Crippen LogP contribution in [0.3, 0.4) is 0 Å². The number of nitrogens with zero attached hydrogens (tertiary/aromatic N) is 6. The Kier molecular flexibility index (Phi) is 9.53. The molecule has 1 aliphatic carbocycles. The van der Waals surface area contributed by atoms with Gasteiger partial charge in [0.25, 0.3) is 5.69 Å². The minimum atomic E-state index is -1.81. The zero-order chi connectivity index (χ0) is 32.2. The number of Topliss-reactive ketones (excluding diaryl/α,β-unsaturated/α-hetero) is 1. The Labute approximate surface area is 259 Å². The number of esters is 1. The van der Waals surface area contributed by atoms with Crippen molar-refractivity contribution in [3.05, 3.63) is 69.1 Å². The van der Waals surface area contributed by atoms with E-state index in [2.05, 4.69) is 22.6 Å². The number of hydrogen-bond donors (Lipinski definition) is 0. The zero-order valence-corrected chi connectivity index (χ0v) is 25.5. The fraction of sp³-hybridized carbons (Fsp3) is 0.467. The number of piperazine rings is 1. The van der Waals surface area contributed by atoms with Crippen LogP contribution in [0.5, 0.6) is 0 Å². The van der Waals surface area contributed by atoms with E-state index in [1.165, 1.54) is 29.2 Å². The Morgan fingerprint density at radius 1 is 1.30 bits per heavy atom. The highest BCUT2D eigenvalue weighted by atomic mass is 35.5. The molecule has 13 nitrogen and oxygen atoms in total. The van der Waals surface area contributed by atoms with Gasteiger partial charge in [-0.2, -0.15) is 5.26 Å². The highest BCUT2D eigenvalue weighted by Gasteiger charge is 2.53. The van der Waals surface area contributed by atoms with Crippen molar-refractivity contribution in [2.75, 3.05) is 31.1 Å². The summed E-state index contributed by atoms with van der Waals surface area (Å²) >= 11 is 6.34. The Morgan fingerprint density at radius 3 is 2.68 bits per heavy atom. The minimum absolute atomic E-state index is 0.0294. The number of nitro groups is 1. The molecule has 14 heteroatoms. The number of benzene rings is 1. The number of fused-ring (bicyclic) bond motifs is 1. The zero-order valence-electron chi connectivity index (χ0n) is 24.7. The third-order valence-corrected chi connectivity index (χ3v) is 7.72. The molecular weight excluding hydrogens is 592 g/mol. The summed E-state index contributed by atoms with van der Waals surface area (Å²) in [4.78, 5) is 63.9. The number of hydrogen-bond acceptors (Lipinski definition) is 11. The van der Waals surface area contributed by atoms with Crippen molar-refractivity contribution in [1.29, 1.82) is 5.26 Å². The van der Waals surface area contributed by atoms with E-state index in [9.17, 15) is 29.8 Å². The van der Waals surface area contributed by atoms with E-state index in [4.69, 9.17) is 21.1 Å². The molecule has 2 atom stereocenters. The van der Waals surface area contributed by atoms with Crippen LogP contribution in [-0.2, 0) is 27.1 Å². The maximum atomic E-state index is 14.3. The third kappa shape index (κ3) is 6.65. The second kappa shape index (κ2) is 13.0. The number of halogens is 1. The normalized spacial score (nSPS) is 19.9. The van der Waals surface area contributed by atoms with Gasteiger partial charge in [0.2, 0.25) is 5.28 Å². The number of ketones is 1. The lowest BCUT2D eigenvalue weighted by molar-refractivity contribution is -0.385. The molecule has 1 fully saturated rings. The predicted octanol–water partition coefficient (Wildman–Crippen LogP) is 4.46. The number of nitriles is 1. The standard InChI is InChI=1S/C30H33ClN6O7/c1-5-16-43-26(39)30(17-19-8-6-7-9-22(19)37(41)42)12-10-21-23(24(30)38)33-27(31)34-25(21)35-14-15-36(20(18-35)11-13-32)28(40)44-29(2,3)4/h5-9,20H,1,10-12,14-18H2,2-4H3/t20-,30?/m0/s1. The molecule has 232 valence electrons.